The van der Waals surface area contributed by atoms with Crippen molar-refractivity contribution in [1.82, 2.24) is 19.3 Å². The highest BCUT2D eigenvalue weighted by Gasteiger charge is 2.27. The van der Waals surface area contributed by atoms with Crippen LogP contribution < -0.4 is 4.84 Å². The molecule has 0 unspecified atom stereocenters. The Morgan fingerprint density at radius 1 is 1.14 bits per heavy atom. The molecule has 0 atom stereocenters. The zero-order chi connectivity index (χ0) is 19.5. The number of aryl methyl sites for hydroxylation is 1. The Kier molecular flexibility index (Phi) is 5.02. The molecular formula is C21H28N4O2S. The fourth-order valence-electron chi connectivity index (χ4n) is 3.64. The second kappa shape index (κ2) is 6.90. The number of thiophene rings is 1. The second-order valence-corrected chi connectivity index (χ2v) is 9.27. The third-order valence-corrected chi connectivity index (χ3v) is 5.78. The highest BCUT2D eigenvalue weighted by atomic mass is 32.1. The van der Waals surface area contributed by atoms with Crippen molar-refractivity contribution in [3.63, 3.8) is 0 Å². The molecule has 150 valence electrons. The zero-order valence-electron chi connectivity index (χ0n) is 17.5. The Morgan fingerprint density at radius 2 is 1.86 bits per heavy atom. The van der Waals surface area contributed by atoms with E-state index in [2.05, 4.69) is 76.2 Å². The van der Waals surface area contributed by atoms with Crippen LogP contribution in [0, 0.1) is 13.8 Å². The molecule has 4 rings (SSSR count). The number of nitrogens with zero attached hydrogens (tertiary/aromatic N) is 4. The maximum Gasteiger partial charge on any atom is 0.158 e. The van der Waals surface area contributed by atoms with E-state index in [1.165, 1.54) is 16.5 Å². The summed E-state index contributed by atoms with van der Waals surface area (Å²) in [6.45, 7) is 15.0. The summed E-state index contributed by atoms with van der Waals surface area (Å²) >= 11 is 1.72. The van der Waals surface area contributed by atoms with Gasteiger partial charge in [-0.1, -0.05) is 13.8 Å². The van der Waals surface area contributed by atoms with Gasteiger partial charge in [0.15, 0.2) is 5.65 Å². The Bertz CT molecular complexity index is 1140. The Hall–Kier alpha value is -2.38. The maximum absolute atomic E-state index is 6.46. The predicted octanol–water partition coefficient (Wildman–Crippen LogP) is 4.56. The van der Waals surface area contributed by atoms with Gasteiger partial charge in [-0.25, -0.2) is 9.50 Å². The summed E-state index contributed by atoms with van der Waals surface area (Å²) in [5.74, 6) is 0.369. The SMILES string of the molecule is Cc1c(-c2c(C(C)C)c3ccsc3n2OC(C)(C)C)cn2ncnc2c1C.O. The summed E-state index contributed by atoms with van der Waals surface area (Å²) in [4.78, 5) is 12.0. The van der Waals surface area contributed by atoms with Crippen molar-refractivity contribution in [3.05, 3.63) is 40.7 Å². The fourth-order valence-corrected chi connectivity index (χ4v) is 4.50. The number of hydrogen-bond acceptors (Lipinski definition) is 4. The van der Waals surface area contributed by atoms with Crippen LogP contribution in [0.15, 0.2) is 24.0 Å². The molecule has 4 aromatic heterocycles. The minimum atomic E-state index is -0.306. The standard InChI is InChI=1S/C21H26N4OS.H2O/c1-12(2)17-15-8-9-27-20(15)25(26-21(5,6)7)18(17)16-10-24-19(22-11-23-24)14(4)13(16)3;/h8-12H,1-7H3;1H2. The first-order chi connectivity index (χ1) is 12.7. The smallest absolute Gasteiger partial charge is 0.158 e. The van der Waals surface area contributed by atoms with Gasteiger partial charge in [0, 0.05) is 17.1 Å². The van der Waals surface area contributed by atoms with Crippen molar-refractivity contribution < 1.29 is 10.3 Å². The van der Waals surface area contributed by atoms with Crippen LogP contribution in [0.25, 0.3) is 27.1 Å². The molecule has 0 aliphatic rings. The van der Waals surface area contributed by atoms with Crippen LogP contribution in [0.2, 0.25) is 0 Å². The zero-order valence-corrected chi connectivity index (χ0v) is 18.3. The molecule has 28 heavy (non-hydrogen) atoms. The lowest BCUT2D eigenvalue weighted by molar-refractivity contribution is -0.00522. The number of hydrogen-bond donors (Lipinski definition) is 0. The first kappa shape index (κ1) is 20.4. The molecule has 4 aromatic rings. The van der Waals surface area contributed by atoms with Gasteiger partial charge in [-0.3, -0.25) is 0 Å². The largest absolute Gasteiger partial charge is 0.412 e. The average molecular weight is 401 g/mol. The van der Waals surface area contributed by atoms with E-state index in [1.807, 2.05) is 9.25 Å². The second-order valence-electron chi connectivity index (χ2n) is 8.38. The van der Waals surface area contributed by atoms with E-state index in [0.29, 0.717) is 5.92 Å². The van der Waals surface area contributed by atoms with Gasteiger partial charge >= 0.3 is 0 Å². The van der Waals surface area contributed by atoms with Gasteiger partial charge in [-0.2, -0.15) is 9.83 Å². The Morgan fingerprint density at radius 3 is 2.50 bits per heavy atom. The van der Waals surface area contributed by atoms with E-state index in [4.69, 9.17) is 4.84 Å². The van der Waals surface area contributed by atoms with Crippen LogP contribution in [0.4, 0.5) is 0 Å². The average Bonchev–Trinajstić information content (AvgIpc) is 3.25. The van der Waals surface area contributed by atoms with Crippen molar-refractivity contribution in [3.8, 4) is 11.3 Å². The van der Waals surface area contributed by atoms with E-state index in [1.54, 1.807) is 17.7 Å². The Balaban J connectivity index is 0.00000225. The van der Waals surface area contributed by atoms with E-state index >= 15 is 0 Å². The molecule has 0 aliphatic heterocycles. The number of aromatic nitrogens is 4. The summed E-state index contributed by atoms with van der Waals surface area (Å²) in [6.07, 6.45) is 3.69. The quantitative estimate of drug-likeness (QED) is 0.506. The molecule has 7 heteroatoms. The third-order valence-electron chi connectivity index (χ3n) is 4.90. The minimum Gasteiger partial charge on any atom is -0.412 e. The lowest BCUT2D eigenvalue weighted by Gasteiger charge is -2.25. The molecule has 0 saturated carbocycles. The molecular weight excluding hydrogens is 372 g/mol. The molecule has 2 N–H and O–H groups in total. The number of pyridine rings is 1. The van der Waals surface area contributed by atoms with E-state index < -0.39 is 0 Å². The molecule has 0 fully saturated rings. The van der Waals surface area contributed by atoms with Gasteiger partial charge in [0.05, 0.1) is 5.69 Å². The molecule has 0 amide bonds. The topological polar surface area (TPSA) is 75.8 Å². The number of fused-ring (bicyclic) bond motifs is 2. The van der Waals surface area contributed by atoms with Crippen molar-refractivity contribution >= 4 is 27.2 Å². The molecule has 4 heterocycles. The third kappa shape index (κ3) is 3.08. The normalized spacial score (nSPS) is 12.1. The van der Waals surface area contributed by atoms with Crippen LogP contribution in [0.5, 0.6) is 0 Å². The van der Waals surface area contributed by atoms with E-state index in [9.17, 15) is 0 Å². The van der Waals surface area contributed by atoms with Crippen LogP contribution in [-0.4, -0.2) is 30.4 Å². The van der Waals surface area contributed by atoms with Gasteiger partial charge in [0.25, 0.3) is 0 Å². The summed E-state index contributed by atoms with van der Waals surface area (Å²) in [5, 5.41) is 7.79. The summed E-state index contributed by atoms with van der Waals surface area (Å²) in [6, 6.07) is 2.21. The van der Waals surface area contributed by atoms with Gasteiger partial charge < -0.3 is 10.3 Å². The Labute approximate surface area is 169 Å². The van der Waals surface area contributed by atoms with Crippen molar-refractivity contribution in [2.75, 3.05) is 0 Å². The molecule has 0 aromatic carbocycles. The maximum atomic E-state index is 6.46. The molecule has 0 aliphatic carbocycles. The minimum absolute atomic E-state index is 0. The predicted molar refractivity (Wildman–Crippen MR) is 115 cm³/mol. The highest BCUT2D eigenvalue weighted by Crippen LogP contribution is 2.42. The highest BCUT2D eigenvalue weighted by molar-refractivity contribution is 7.16. The monoisotopic (exact) mass is 400 g/mol. The van der Waals surface area contributed by atoms with E-state index in [-0.39, 0.29) is 11.1 Å². The number of rotatable bonds is 3. The fraction of sp³-hybridized carbons (Fsp3) is 0.429. The van der Waals surface area contributed by atoms with Crippen molar-refractivity contribution in [2.45, 2.75) is 60.0 Å². The van der Waals surface area contributed by atoms with Gasteiger partial charge in [-0.05, 0) is 68.7 Å². The molecule has 0 spiro atoms. The first-order valence-electron chi connectivity index (χ1n) is 9.30. The molecule has 0 radical (unpaired) electrons. The van der Waals surface area contributed by atoms with Crippen LogP contribution in [0.1, 0.15) is 57.2 Å². The summed E-state index contributed by atoms with van der Waals surface area (Å²) < 4.78 is 3.91. The van der Waals surface area contributed by atoms with Crippen LogP contribution >= 0.6 is 11.3 Å². The summed E-state index contributed by atoms with van der Waals surface area (Å²) in [7, 11) is 0. The van der Waals surface area contributed by atoms with Gasteiger partial charge in [0.2, 0.25) is 0 Å². The first-order valence-corrected chi connectivity index (χ1v) is 10.2. The molecule has 6 nitrogen and oxygen atoms in total. The molecule has 0 bridgehead atoms. The lowest BCUT2D eigenvalue weighted by Crippen LogP contribution is -2.31. The van der Waals surface area contributed by atoms with Crippen molar-refractivity contribution in [1.29, 1.82) is 0 Å². The molecule has 0 saturated heterocycles. The van der Waals surface area contributed by atoms with Gasteiger partial charge in [0.1, 0.15) is 16.8 Å². The van der Waals surface area contributed by atoms with Gasteiger partial charge in [-0.15, -0.1) is 11.3 Å². The van der Waals surface area contributed by atoms with Crippen molar-refractivity contribution in [2.24, 2.45) is 0 Å². The van der Waals surface area contributed by atoms with Crippen LogP contribution in [0.3, 0.4) is 0 Å². The van der Waals surface area contributed by atoms with Crippen LogP contribution in [-0.2, 0) is 0 Å². The van der Waals surface area contributed by atoms with E-state index in [0.717, 1.165) is 27.3 Å². The summed E-state index contributed by atoms with van der Waals surface area (Å²) in [5.41, 5.74) is 6.53. The lowest BCUT2D eigenvalue weighted by atomic mass is 9.94.